The van der Waals surface area contributed by atoms with Crippen molar-refractivity contribution in [2.75, 3.05) is 13.1 Å². The van der Waals surface area contributed by atoms with Crippen LogP contribution in [-0.4, -0.2) is 51.6 Å². The summed E-state index contributed by atoms with van der Waals surface area (Å²) in [5, 5.41) is 18.8. The summed E-state index contributed by atoms with van der Waals surface area (Å²) in [6.45, 7) is 8.75. The van der Waals surface area contributed by atoms with E-state index in [1.807, 2.05) is 39.0 Å². The van der Waals surface area contributed by atoms with E-state index in [2.05, 4.69) is 10.7 Å². The Morgan fingerprint density at radius 3 is 2.54 bits per heavy atom. The van der Waals surface area contributed by atoms with Crippen molar-refractivity contribution in [1.29, 1.82) is 5.26 Å². The van der Waals surface area contributed by atoms with Gasteiger partial charge in [0.25, 0.3) is 12.3 Å². The fourth-order valence-corrected chi connectivity index (χ4v) is 5.19. The zero-order chi connectivity index (χ0) is 28.3. The van der Waals surface area contributed by atoms with Gasteiger partial charge in [0.1, 0.15) is 12.4 Å². The maximum atomic E-state index is 13.2. The topological polar surface area (TPSA) is 135 Å². The normalized spacial score (nSPS) is 13.6. The van der Waals surface area contributed by atoms with Crippen LogP contribution in [-0.2, 0) is 24.3 Å². The third-order valence-electron chi connectivity index (χ3n) is 7.19. The van der Waals surface area contributed by atoms with Crippen LogP contribution in [0.3, 0.4) is 0 Å². The van der Waals surface area contributed by atoms with Gasteiger partial charge in [-0.1, -0.05) is 20.8 Å². The van der Waals surface area contributed by atoms with Gasteiger partial charge in [0, 0.05) is 30.0 Å². The molecular weight excluding hydrogens is 499 g/mol. The molecule has 0 aliphatic carbocycles. The van der Waals surface area contributed by atoms with Gasteiger partial charge in [-0.25, -0.2) is 19.8 Å². The van der Waals surface area contributed by atoms with Gasteiger partial charge in [-0.05, 0) is 61.4 Å². The predicted octanol–water partition coefficient (Wildman–Crippen LogP) is 4.89. The molecule has 2 aromatic heterocycles. The summed E-state index contributed by atoms with van der Waals surface area (Å²) in [5.74, 6) is 2.67. The second-order valence-corrected chi connectivity index (χ2v) is 9.35. The summed E-state index contributed by atoms with van der Waals surface area (Å²) < 4.78 is 11.9. The number of fused-ring (bicyclic) bond motifs is 4. The zero-order valence-electron chi connectivity index (χ0n) is 22.6. The molecule has 0 bridgehead atoms. The van der Waals surface area contributed by atoms with Gasteiger partial charge in [-0.15, -0.1) is 0 Å². The minimum atomic E-state index is -1.43. The number of nitrogens with zero attached hydrogens (tertiary/aromatic N) is 4. The van der Waals surface area contributed by atoms with E-state index >= 15 is 0 Å². The molecule has 39 heavy (non-hydrogen) atoms. The van der Waals surface area contributed by atoms with E-state index in [-0.39, 0.29) is 18.9 Å². The first-order chi connectivity index (χ1) is 18.8. The van der Waals surface area contributed by atoms with Crippen LogP contribution in [0.15, 0.2) is 29.1 Å². The number of amides is 1. The molecule has 1 amide bonds. The van der Waals surface area contributed by atoms with E-state index < -0.39 is 12.2 Å². The first-order valence-corrected chi connectivity index (χ1v) is 13.2. The highest BCUT2D eigenvalue weighted by Crippen LogP contribution is 2.37. The Bertz CT molecular complexity index is 1540. The number of carbonyl (C=O) groups is 2. The maximum Gasteiger partial charge on any atom is 0.506 e. The molecule has 0 radical (unpaired) electrons. The summed E-state index contributed by atoms with van der Waals surface area (Å²) in [6.07, 6.45) is 0.0912. The van der Waals surface area contributed by atoms with Crippen LogP contribution in [0.5, 0.6) is 5.75 Å². The van der Waals surface area contributed by atoms with Crippen LogP contribution < -0.4 is 10.3 Å². The molecule has 10 nitrogen and oxygen atoms in total. The number of ether oxygens (including phenoxy) is 2. The van der Waals surface area contributed by atoms with Crippen molar-refractivity contribution in [3.05, 3.63) is 56.9 Å². The molecule has 1 fully saturated rings. The van der Waals surface area contributed by atoms with Crippen molar-refractivity contribution >= 4 is 29.9 Å². The second-order valence-electron chi connectivity index (χ2n) is 9.35. The first kappa shape index (κ1) is 27.7. The van der Waals surface area contributed by atoms with E-state index in [0.717, 1.165) is 27.7 Å². The largest absolute Gasteiger partial charge is 0.506 e. The van der Waals surface area contributed by atoms with Crippen molar-refractivity contribution in [2.24, 2.45) is 0 Å². The molecular formula is C28H31BN4O6. The van der Waals surface area contributed by atoms with Gasteiger partial charge in [-0.2, -0.15) is 0 Å². The Labute approximate surface area is 226 Å². The Hall–Kier alpha value is -4.33. The van der Waals surface area contributed by atoms with Crippen LogP contribution in [0.1, 0.15) is 43.0 Å². The van der Waals surface area contributed by atoms with Crippen molar-refractivity contribution < 1.29 is 24.2 Å². The predicted molar refractivity (Wildman–Crippen MR) is 147 cm³/mol. The smallest absolute Gasteiger partial charge is 0.450 e. The van der Waals surface area contributed by atoms with Gasteiger partial charge in [-0.3, -0.25) is 4.79 Å². The lowest BCUT2D eigenvalue weighted by atomic mass is 9.45. The molecule has 0 saturated carbocycles. The lowest BCUT2D eigenvalue weighted by Crippen LogP contribution is -2.41. The minimum Gasteiger partial charge on any atom is -0.450 e. The van der Waals surface area contributed by atoms with E-state index in [4.69, 9.17) is 20.1 Å². The van der Waals surface area contributed by atoms with Gasteiger partial charge >= 0.3 is 12.2 Å². The Balaban J connectivity index is 0.00000172. The fourth-order valence-electron chi connectivity index (χ4n) is 5.19. The first-order valence-electron chi connectivity index (χ1n) is 13.2. The standard InChI is InChI=1S/C26H25BN4O6.C2H6/c1-3-17-18-11-16(37-25(33)30-8-6-27(14-28)7-9-30)4-5-21(18)29-23-19(17)12-31-22(23)10-15(2)20(24(31)32)13-36-26(34)35;1-2/h4-5,10-11H,3,6-9,12-13H2,1-2H3,(H,34,35);1-2H3. The Kier molecular flexibility index (Phi) is 8.24. The van der Waals surface area contributed by atoms with E-state index in [0.29, 0.717) is 61.3 Å². The number of nitriles is 1. The number of hydrogen-bond acceptors (Lipinski definition) is 7. The molecule has 1 aromatic carbocycles. The molecule has 4 heterocycles. The third-order valence-corrected chi connectivity index (χ3v) is 7.19. The highest BCUT2D eigenvalue weighted by molar-refractivity contribution is 6.67. The lowest BCUT2D eigenvalue weighted by Gasteiger charge is -2.27. The highest BCUT2D eigenvalue weighted by atomic mass is 16.7. The monoisotopic (exact) mass is 530 g/mol. The molecule has 2 aliphatic rings. The van der Waals surface area contributed by atoms with E-state index in [1.165, 1.54) is 0 Å². The number of rotatable bonds is 4. The maximum absolute atomic E-state index is 13.2. The van der Waals surface area contributed by atoms with Crippen LogP contribution in [0.2, 0.25) is 12.6 Å². The number of hydrogen-bond donors (Lipinski definition) is 1. The number of aryl methyl sites for hydroxylation is 2. The van der Waals surface area contributed by atoms with Crippen LogP contribution in [0.4, 0.5) is 9.59 Å². The molecule has 0 unspecified atom stereocenters. The summed E-state index contributed by atoms with van der Waals surface area (Å²) in [5.41, 5.74) is 4.71. The highest BCUT2D eigenvalue weighted by Gasteiger charge is 2.29. The van der Waals surface area contributed by atoms with E-state index in [9.17, 15) is 14.4 Å². The summed E-state index contributed by atoms with van der Waals surface area (Å²) in [4.78, 5) is 43.2. The van der Waals surface area contributed by atoms with Gasteiger partial charge in [0.15, 0.2) is 0 Å². The molecule has 0 spiro atoms. The van der Waals surface area contributed by atoms with Crippen molar-refractivity contribution in [2.45, 2.75) is 59.9 Å². The Morgan fingerprint density at radius 1 is 1.18 bits per heavy atom. The molecule has 5 rings (SSSR count). The molecule has 1 saturated heterocycles. The summed E-state index contributed by atoms with van der Waals surface area (Å²) in [7, 11) is 0. The number of aromatic nitrogens is 2. The second kappa shape index (κ2) is 11.6. The number of carboxylic acid groups (broad SMARTS) is 1. The SMILES string of the molecule is CC.CCc1c2c(nc3ccc(OC(=O)N4CCB(C#N)CC4)cc13)-c1cc(C)c(COC(=O)O)c(=O)n1C2. The van der Waals surface area contributed by atoms with Crippen molar-refractivity contribution in [1.82, 2.24) is 14.5 Å². The molecule has 3 aromatic rings. The van der Waals surface area contributed by atoms with Crippen molar-refractivity contribution in [3.63, 3.8) is 0 Å². The van der Waals surface area contributed by atoms with Gasteiger partial charge in [0.2, 0.25) is 0 Å². The van der Waals surface area contributed by atoms with Crippen molar-refractivity contribution in [3.8, 4) is 23.1 Å². The van der Waals surface area contributed by atoms with Crippen LogP contribution in [0.25, 0.3) is 22.3 Å². The molecule has 1 N–H and O–H groups in total. The average molecular weight is 530 g/mol. The fraction of sp³-hybridized carbons (Fsp3) is 0.393. The number of carbonyl (C=O) groups excluding carboxylic acids is 1. The average Bonchev–Trinajstić information content (AvgIpc) is 3.30. The summed E-state index contributed by atoms with van der Waals surface area (Å²) in [6, 6.07) is 7.17. The third kappa shape index (κ3) is 5.32. The molecule has 0 atom stereocenters. The van der Waals surface area contributed by atoms with E-state index in [1.54, 1.807) is 22.5 Å². The van der Waals surface area contributed by atoms with Gasteiger partial charge in [0.05, 0.1) is 29.0 Å². The minimum absolute atomic E-state index is 0.0220. The molecule has 11 heteroatoms. The molecule has 202 valence electrons. The number of benzene rings is 1. The Morgan fingerprint density at radius 2 is 1.90 bits per heavy atom. The quantitative estimate of drug-likeness (QED) is 0.291. The van der Waals surface area contributed by atoms with Gasteiger partial charge < -0.3 is 24.0 Å². The number of pyridine rings is 2. The van der Waals surface area contributed by atoms with Crippen LogP contribution in [0, 0.1) is 18.2 Å². The zero-order valence-corrected chi connectivity index (χ0v) is 22.6. The summed E-state index contributed by atoms with van der Waals surface area (Å²) >= 11 is 0. The lowest BCUT2D eigenvalue weighted by molar-refractivity contribution is 0.0848. The van der Waals surface area contributed by atoms with Crippen LogP contribution >= 0.6 is 0 Å². The molecule has 2 aliphatic heterocycles.